The molecule has 1 heterocycles. The van der Waals surface area contributed by atoms with E-state index in [2.05, 4.69) is 54.8 Å². The minimum absolute atomic E-state index is 0.0508. The Hall–Kier alpha value is -6.53. The van der Waals surface area contributed by atoms with E-state index in [1.54, 1.807) is 12.1 Å². The summed E-state index contributed by atoms with van der Waals surface area (Å²) in [6.07, 6.45) is 3.47. The maximum Gasteiger partial charge on any atom is 0.244 e. The molecule has 0 unspecified atom stereocenters. The first-order valence-electron chi connectivity index (χ1n) is 28.1. The predicted octanol–water partition coefficient (Wildman–Crippen LogP) is -0.497. The highest BCUT2D eigenvalue weighted by Crippen LogP contribution is 2.20. The topological polar surface area (TPSA) is 386 Å². The molecule has 2 aromatic carbocycles. The van der Waals surface area contributed by atoms with Crippen LogP contribution in [0.15, 0.2) is 54.6 Å². The third-order valence-corrected chi connectivity index (χ3v) is 13.4. The Morgan fingerprint density at radius 3 is 1.63 bits per heavy atom. The van der Waals surface area contributed by atoms with Crippen molar-refractivity contribution in [2.45, 2.75) is 179 Å². The molecule has 0 saturated carbocycles. The number of aliphatic hydroxyl groups is 1. The fourth-order valence-corrected chi connectivity index (χ4v) is 9.04. The lowest BCUT2D eigenvalue weighted by molar-refractivity contribution is -0.136. The summed E-state index contributed by atoms with van der Waals surface area (Å²) in [6, 6.07) is 6.29. The number of rotatable bonds is 25. The molecular formula is C56H91N13O10. The van der Waals surface area contributed by atoms with E-state index in [0.717, 1.165) is 43.2 Å². The average Bonchev–Trinajstić information content (AvgIpc) is 3.41. The van der Waals surface area contributed by atoms with Crippen LogP contribution in [-0.2, 0) is 49.6 Å². The van der Waals surface area contributed by atoms with Crippen molar-refractivity contribution in [1.29, 1.82) is 0 Å². The van der Waals surface area contributed by atoms with Crippen LogP contribution in [0.4, 0.5) is 0 Å². The number of amides is 9. The molecule has 1 fully saturated rings. The number of carbonyl (C=O) groups is 9. The molecule has 18 N–H and O–H groups in total. The average molecular weight is 1110 g/mol. The number of hydrogen-bond donors (Lipinski definition) is 14. The number of nitrogens with two attached hydrogens (primary N) is 4. The monoisotopic (exact) mass is 1110 g/mol. The zero-order valence-electron chi connectivity index (χ0n) is 46.9. The SMILES string of the molecule is CCCCCCC[C@@H](O)CC(=O)N[C@H](CCN)C(=O)N[C@H]1CCNC(=O)[C@H](CC(C)C)NC(=O)[C@H](CN)NC(=O)[C@H](CCN)NC(=O)[C@H](CC(C)C)NC(=O)[C@@H](Cc2ccc(-c3ccccc3)cc2)NC(=O)[C@H](CCN)NC1=O. The van der Waals surface area contributed by atoms with Crippen LogP contribution in [0.2, 0.25) is 0 Å². The fraction of sp³-hybridized carbons (Fsp3) is 0.625. The van der Waals surface area contributed by atoms with Crippen molar-refractivity contribution < 1.29 is 48.3 Å². The largest absolute Gasteiger partial charge is 0.393 e. The Balaban J connectivity index is 2.11. The summed E-state index contributed by atoms with van der Waals surface area (Å²) in [5.41, 5.74) is 26.3. The third kappa shape index (κ3) is 24.2. The summed E-state index contributed by atoms with van der Waals surface area (Å²) < 4.78 is 0. The number of benzene rings is 2. The molecule has 0 bridgehead atoms. The van der Waals surface area contributed by atoms with Crippen molar-refractivity contribution in [3.05, 3.63) is 60.2 Å². The van der Waals surface area contributed by atoms with Gasteiger partial charge in [0.15, 0.2) is 0 Å². The van der Waals surface area contributed by atoms with Crippen LogP contribution in [-0.4, -0.2) is 145 Å². The van der Waals surface area contributed by atoms with E-state index in [4.69, 9.17) is 22.9 Å². The highest BCUT2D eigenvalue weighted by Gasteiger charge is 2.35. The Morgan fingerprint density at radius 1 is 0.582 bits per heavy atom. The van der Waals surface area contributed by atoms with Gasteiger partial charge in [0.25, 0.3) is 0 Å². The summed E-state index contributed by atoms with van der Waals surface area (Å²) in [5.74, 6) is -7.29. The minimum Gasteiger partial charge on any atom is -0.393 e. The van der Waals surface area contributed by atoms with E-state index < -0.39 is 114 Å². The molecule has 9 atom stereocenters. The van der Waals surface area contributed by atoms with Crippen LogP contribution in [0.1, 0.15) is 124 Å². The number of hydrogen-bond acceptors (Lipinski definition) is 14. The highest BCUT2D eigenvalue weighted by molar-refractivity contribution is 5.98. The maximum atomic E-state index is 14.6. The van der Waals surface area contributed by atoms with Crippen molar-refractivity contribution in [1.82, 2.24) is 47.9 Å². The van der Waals surface area contributed by atoms with Gasteiger partial charge in [0.05, 0.1) is 12.5 Å². The first-order valence-corrected chi connectivity index (χ1v) is 28.1. The van der Waals surface area contributed by atoms with Crippen LogP contribution in [0, 0.1) is 11.8 Å². The predicted molar refractivity (Wildman–Crippen MR) is 302 cm³/mol. The van der Waals surface area contributed by atoms with Gasteiger partial charge in [0.2, 0.25) is 53.2 Å². The van der Waals surface area contributed by atoms with Gasteiger partial charge in [0.1, 0.15) is 48.3 Å². The lowest BCUT2D eigenvalue weighted by Crippen LogP contribution is -2.61. The normalized spacial score (nSPS) is 22.3. The second-order valence-electron chi connectivity index (χ2n) is 21.2. The van der Waals surface area contributed by atoms with E-state index in [1.165, 1.54) is 0 Å². The van der Waals surface area contributed by atoms with Gasteiger partial charge in [-0.15, -0.1) is 0 Å². The van der Waals surface area contributed by atoms with E-state index in [0.29, 0.717) is 12.0 Å². The van der Waals surface area contributed by atoms with Crippen molar-refractivity contribution in [3.8, 4) is 11.1 Å². The molecule has 23 nitrogen and oxygen atoms in total. The van der Waals surface area contributed by atoms with Gasteiger partial charge in [0, 0.05) is 19.5 Å². The van der Waals surface area contributed by atoms with Crippen LogP contribution < -0.4 is 70.8 Å². The Kier molecular flexibility index (Phi) is 30.3. The van der Waals surface area contributed by atoms with Gasteiger partial charge in [-0.3, -0.25) is 43.2 Å². The van der Waals surface area contributed by atoms with E-state index in [-0.39, 0.29) is 89.4 Å². The first-order chi connectivity index (χ1) is 37.7. The Labute approximate surface area is 465 Å². The van der Waals surface area contributed by atoms with Gasteiger partial charge >= 0.3 is 0 Å². The second kappa shape index (κ2) is 35.9. The zero-order chi connectivity index (χ0) is 58.4. The molecule has 0 radical (unpaired) electrons. The number of carbonyl (C=O) groups excluding carboxylic acids is 9. The summed E-state index contributed by atoms with van der Waals surface area (Å²) in [6.45, 7) is 8.48. The Bertz CT molecular complexity index is 2250. The van der Waals surface area contributed by atoms with E-state index in [1.807, 2.05) is 70.2 Å². The van der Waals surface area contributed by atoms with Crippen molar-refractivity contribution in [2.75, 3.05) is 32.7 Å². The molecule has 79 heavy (non-hydrogen) atoms. The summed E-state index contributed by atoms with van der Waals surface area (Å²) in [4.78, 5) is 127. The summed E-state index contributed by atoms with van der Waals surface area (Å²) in [5, 5.41) is 34.7. The Morgan fingerprint density at radius 2 is 1.08 bits per heavy atom. The summed E-state index contributed by atoms with van der Waals surface area (Å²) in [7, 11) is 0. The molecule has 3 rings (SSSR count). The molecule has 2 aromatic rings. The molecular weight excluding hydrogens is 1010 g/mol. The first kappa shape index (κ1) is 66.7. The molecule has 1 aliphatic rings. The lowest BCUT2D eigenvalue weighted by Gasteiger charge is -2.28. The highest BCUT2D eigenvalue weighted by atomic mass is 16.3. The zero-order valence-corrected chi connectivity index (χ0v) is 46.9. The van der Waals surface area contributed by atoms with Gasteiger partial charge in [-0.25, -0.2) is 0 Å². The van der Waals surface area contributed by atoms with Crippen molar-refractivity contribution >= 4 is 53.2 Å². The van der Waals surface area contributed by atoms with Crippen LogP contribution in [0.25, 0.3) is 11.1 Å². The molecule has 0 spiro atoms. The van der Waals surface area contributed by atoms with Crippen LogP contribution >= 0.6 is 0 Å². The van der Waals surface area contributed by atoms with E-state index in [9.17, 15) is 48.3 Å². The second-order valence-corrected chi connectivity index (χ2v) is 21.2. The number of unbranched alkanes of at least 4 members (excludes halogenated alkanes) is 4. The minimum atomic E-state index is -1.48. The quantitative estimate of drug-likeness (QED) is 0.0558. The molecule has 0 aromatic heterocycles. The summed E-state index contributed by atoms with van der Waals surface area (Å²) >= 11 is 0. The van der Waals surface area contributed by atoms with Gasteiger partial charge in [-0.05, 0) is 93.1 Å². The molecule has 9 amide bonds. The van der Waals surface area contributed by atoms with Crippen LogP contribution in [0.3, 0.4) is 0 Å². The third-order valence-electron chi connectivity index (χ3n) is 13.4. The van der Waals surface area contributed by atoms with Gasteiger partial charge in [-0.2, -0.15) is 0 Å². The van der Waals surface area contributed by atoms with Crippen LogP contribution in [0.5, 0.6) is 0 Å². The number of nitrogens with one attached hydrogen (secondary N) is 9. The number of aliphatic hydroxyl groups excluding tert-OH is 1. The standard InChI is InChI=1S/C56H91N13O10/c1-6-7-8-9-13-16-39(70)32-48(71)62-40(21-25-57)50(73)65-43-24-28-61-49(72)44(29-34(2)3)66-56(79)47(33-60)69-52(75)42(23-27-59)64-54(77)45(30-35(4)5)67-55(78)46(68-51(74)41(22-26-58)63-53(43)76)31-36-17-19-38(20-18-36)37-14-11-10-12-15-37/h10-12,14-15,17-20,34-35,39-47,70H,6-9,13,16,21-33,57-60H2,1-5H3,(H,61,72)(H,62,71)(H,63,76)(H,64,77)(H,65,73)(H,66,79)(H,67,78)(H,68,74)(H,69,75)/t39-,40-,41+,42+,43+,44+,45+,46-,47+/m1/s1. The van der Waals surface area contributed by atoms with Gasteiger partial charge in [-0.1, -0.05) is 121 Å². The fourth-order valence-electron chi connectivity index (χ4n) is 9.04. The van der Waals surface area contributed by atoms with Crippen molar-refractivity contribution in [3.63, 3.8) is 0 Å². The molecule has 23 heteroatoms. The molecule has 440 valence electrons. The molecule has 1 aliphatic heterocycles. The maximum absolute atomic E-state index is 14.6. The molecule has 0 aliphatic carbocycles. The molecule has 1 saturated heterocycles. The van der Waals surface area contributed by atoms with Gasteiger partial charge < -0.3 is 75.9 Å². The smallest absolute Gasteiger partial charge is 0.244 e. The van der Waals surface area contributed by atoms with Crippen molar-refractivity contribution in [2.24, 2.45) is 34.8 Å². The lowest BCUT2D eigenvalue weighted by atomic mass is 9.98. The van der Waals surface area contributed by atoms with E-state index >= 15 is 0 Å².